The van der Waals surface area contributed by atoms with Gasteiger partial charge in [0, 0.05) is 0 Å². The highest BCUT2D eigenvalue weighted by Crippen LogP contribution is 2.38. The van der Waals surface area contributed by atoms with Gasteiger partial charge in [0.15, 0.2) is 5.78 Å². The molecule has 0 aromatic heterocycles. The van der Waals surface area contributed by atoms with Gasteiger partial charge in [-0.3, -0.25) is 9.59 Å². The second-order valence-electron chi connectivity index (χ2n) is 5.79. The summed E-state index contributed by atoms with van der Waals surface area (Å²) in [6, 6.07) is 10.2. The predicted octanol–water partition coefficient (Wildman–Crippen LogP) is 4.06. The van der Waals surface area contributed by atoms with Crippen molar-refractivity contribution < 1.29 is 9.59 Å². The maximum Gasteiger partial charge on any atom is 0.155 e. The topological polar surface area (TPSA) is 34.1 Å². The molecule has 0 unspecified atom stereocenters. The molecule has 1 atom stereocenters. The number of allylic oxidation sites excluding steroid dienone is 4. The molecule has 1 aliphatic carbocycles. The summed E-state index contributed by atoms with van der Waals surface area (Å²) in [5.74, 6) is 0.311. The Morgan fingerprint density at radius 2 is 1.90 bits per heavy atom. The lowest BCUT2D eigenvalue weighted by molar-refractivity contribution is -0.125. The van der Waals surface area contributed by atoms with E-state index < -0.39 is 5.41 Å². The number of Topliss-reactive ketones (excluding diaryl/α,β-unsaturated/α-hetero) is 2. The van der Waals surface area contributed by atoms with Gasteiger partial charge in [-0.05, 0) is 50.7 Å². The predicted molar refractivity (Wildman–Crippen MR) is 85.0 cm³/mol. The second-order valence-corrected chi connectivity index (χ2v) is 5.79. The average molecular weight is 282 g/mol. The van der Waals surface area contributed by atoms with E-state index in [4.69, 9.17) is 0 Å². The lowest BCUT2D eigenvalue weighted by Gasteiger charge is -2.31. The fraction of sp³-hybridized carbons (Fsp3) is 0.368. The van der Waals surface area contributed by atoms with E-state index in [2.05, 4.69) is 24.3 Å². The molecule has 2 rings (SSSR count). The maximum absolute atomic E-state index is 12.1. The van der Waals surface area contributed by atoms with Crippen LogP contribution in [-0.2, 0) is 16.0 Å². The van der Waals surface area contributed by atoms with E-state index in [1.807, 2.05) is 24.3 Å². The van der Waals surface area contributed by atoms with Gasteiger partial charge in [-0.15, -0.1) is 0 Å². The van der Waals surface area contributed by atoms with E-state index in [-0.39, 0.29) is 11.6 Å². The first kappa shape index (κ1) is 15.4. The molecule has 21 heavy (non-hydrogen) atoms. The number of carbonyl (C=O) groups is 2. The van der Waals surface area contributed by atoms with Gasteiger partial charge in [0.1, 0.15) is 5.78 Å². The average Bonchev–Trinajstić information content (AvgIpc) is 2.48. The number of ketones is 2. The number of carbonyl (C=O) groups excluding carboxylic acids is 2. The van der Waals surface area contributed by atoms with E-state index in [1.165, 1.54) is 5.56 Å². The maximum atomic E-state index is 12.1. The van der Waals surface area contributed by atoms with E-state index in [0.29, 0.717) is 12.8 Å². The number of hydrogen-bond acceptors (Lipinski definition) is 2. The summed E-state index contributed by atoms with van der Waals surface area (Å²) in [6.07, 6.45) is 8.99. The van der Waals surface area contributed by atoms with Crippen molar-refractivity contribution in [1.82, 2.24) is 0 Å². The molecule has 1 aromatic rings. The van der Waals surface area contributed by atoms with Gasteiger partial charge in [-0.25, -0.2) is 0 Å². The summed E-state index contributed by atoms with van der Waals surface area (Å²) in [4.78, 5) is 23.5. The Labute approximate surface area is 126 Å². The van der Waals surface area contributed by atoms with Crippen molar-refractivity contribution in [2.24, 2.45) is 5.41 Å². The number of rotatable bonds is 5. The third-order valence-corrected chi connectivity index (χ3v) is 4.34. The van der Waals surface area contributed by atoms with Crippen LogP contribution >= 0.6 is 0 Å². The van der Waals surface area contributed by atoms with Crippen LogP contribution in [0.25, 0.3) is 0 Å². The summed E-state index contributed by atoms with van der Waals surface area (Å²) in [7, 11) is 0. The minimum Gasteiger partial charge on any atom is -0.299 e. The van der Waals surface area contributed by atoms with Crippen LogP contribution < -0.4 is 0 Å². The van der Waals surface area contributed by atoms with Gasteiger partial charge in [-0.2, -0.15) is 0 Å². The molecule has 0 radical (unpaired) electrons. The van der Waals surface area contributed by atoms with Crippen molar-refractivity contribution in [2.45, 2.75) is 39.5 Å². The molecule has 1 aliphatic rings. The van der Waals surface area contributed by atoms with Crippen LogP contribution in [0.2, 0.25) is 0 Å². The van der Waals surface area contributed by atoms with E-state index >= 15 is 0 Å². The summed E-state index contributed by atoms with van der Waals surface area (Å²) in [6.45, 7) is 3.25. The Morgan fingerprint density at radius 3 is 2.43 bits per heavy atom. The highest BCUT2D eigenvalue weighted by Gasteiger charge is 2.34. The number of benzene rings is 1. The van der Waals surface area contributed by atoms with Crippen LogP contribution in [0.1, 0.15) is 38.7 Å². The highest BCUT2D eigenvalue weighted by atomic mass is 16.1. The normalized spacial score (nSPS) is 22.1. The fourth-order valence-corrected chi connectivity index (χ4v) is 2.81. The smallest absolute Gasteiger partial charge is 0.155 e. The van der Waals surface area contributed by atoms with Crippen LogP contribution in [0.5, 0.6) is 0 Å². The van der Waals surface area contributed by atoms with Crippen LogP contribution in [0.3, 0.4) is 0 Å². The molecule has 110 valence electrons. The Kier molecular flexibility index (Phi) is 4.89. The molecule has 0 spiro atoms. The van der Waals surface area contributed by atoms with E-state index in [1.54, 1.807) is 13.8 Å². The zero-order chi connectivity index (χ0) is 15.3. The molecule has 2 heteroatoms. The third-order valence-electron chi connectivity index (χ3n) is 4.34. The monoisotopic (exact) mass is 282 g/mol. The van der Waals surface area contributed by atoms with Crippen molar-refractivity contribution in [3.63, 3.8) is 0 Å². The molecular weight excluding hydrogens is 260 g/mol. The Hall–Kier alpha value is -1.96. The Morgan fingerprint density at radius 1 is 1.19 bits per heavy atom. The molecule has 2 nitrogen and oxygen atoms in total. The first-order chi connectivity index (χ1) is 10.0. The van der Waals surface area contributed by atoms with Gasteiger partial charge in [0.2, 0.25) is 0 Å². The van der Waals surface area contributed by atoms with Crippen molar-refractivity contribution in [3.8, 4) is 0 Å². The fourth-order valence-electron chi connectivity index (χ4n) is 2.81. The molecule has 0 saturated carbocycles. The van der Waals surface area contributed by atoms with Crippen molar-refractivity contribution >= 4 is 11.6 Å². The molecule has 0 amide bonds. The van der Waals surface area contributed by atoms with Crippen LogP contribution in [0.15, 0.2) is 54.1 Å². The van der Waals surface area contributed by atoms with Crippen LogP contribution in [-0.4, -0.2) is 11.6 Å². The first-order valence-corrected chi connectivity index (χ1v) is 7.46. The largest absolute Gasteiger partial charge is 0.299 e. The van der Waals surface area contributed by atoms with Gasteiger partial charge < -0.3 is 0 Å². The summed E-state index contributed by atoms with van der Waals surface area (Å²) < 4.78 is 0. The highest BCUT2D eigenvalue weighted by molar-refractivity contribution is 5.94. The molecule has 1 aromatic carbocycles. The molecule has 0 N–H and O–H groups in total. The van der Waals surface area contributed by atoms with Gasteiger partial charge in [0.05, 0.1) is 5.41 Å². The molecule has 0 saturated heterocycles. The Bertz CT molecular complexity index is 581. The zero-order valence-electron chi connectivity index (χ0n) is 12.8. The lowest BCUT2D eigenvalue weighted by atomic mass is 9.71. The second kappa shape index (κ2) is 6.66. The molecule has 0 fully saturated rings. The quantitative estimate of drug-likeness (QED) is 0.763. The first-order valence-electron chi connectivity index (χ1n) is 7.46. The Balaban J connectivity index is 2.10. The van der Waals surface area contributed by atoms with Gasteiger partial charge in [0.25, 0.3) is 0 Å². The molecule has 0 heterocycles. The van der Waals surface area contributed by atoms with Crippen LogP contribution in [0, 0.1) is 5.41 Å². The van der Waals surface area contributed by atoms with E-state index in [0.717, 1.165) is 18.4 Å². The van der Waals surface area contributed by atoms with Crippen molar-refractivity contribution in [3.05, 3.63) is 59.7 Å². The van der Waals surface area contributed by atoms with Crippen molar-refractivity contribution in [2.75, 3.05) is 0 Å². The molecular formula is C19H22O2. The lowest BCUT2D eigenvalue weighted by Crippen LogP contribution is -2.29. The standard InChI is InChI=1S/C19H22O2/c1-15(20)18-10-13-19(14-11-18,16(2)21)12-6-9-17-7-4-3-5-8-17/h3-8,10,12H,9,11,13-14H2,1-2H3/b12-6+/t19-/m0/s1. The van der Waals surface area contributed by atoms with E-state index in [9.17, 15) is 9.59 Å². The summed E-state index contributed by atoms with van der Waals surface area (Å²) >= 11 is 0. The van der Waals surface area contributed by atoms with Crippen molar-refractivity contribution in [1.29, 1.82) is 0 Å². The van der Waals surface area contributed by atoms with Gasteiger partial charge in [-0.1, -0.05) is 48.6 Å². The zero-order valence-corrected chi connectivity index (χ0v) is 12.8. The number of hydrogen-bond donors (Lipinski definition) is 0. The molecule has 0 bridgehead atoms. The van der Waals surface area contributed by atoms with Crippen LogP contribution in [0.4, 0.5) is 0 Å². The molecule has 0 aliphatic heterocycles. The van der Waals surface area contributed by atoms with Gasteiger partial charge >= 0.3 is 0 Å². The third kappa shape index (κ3) is 3.78. The SMILES string of the molecule is CC(=O)C1=CC[C@](/C=C/Cc2ccccc2)(C(C)=O)CC1. The summed E-state index contributed by atoms with van der Waals surface area (Å²) in [5, 5.41) is 0. The minimum atomic E-state index is -0.423. The minimum absolute atomic E-state index is 0.125. The summed E-state index contributed by atoms with van der Waals surface area (Å²) in [5.41, 5.74) is 1.68.